The quantitative estimate of drug-likeness (QED) is 0.771. The van der Waals surface area contributed by atoms with Gasteiger partial charge in [-0.3, -0.25) is 4.79 Å². The molecular weight excluding hydrogens is 252 g/mol. The molecule has 0 atom stereocenters. The Labute approximate surface area is 114 Å². The number of nitrogens with one attached hydrogen (secondary N) is 1. The molecule has 1 heterocycles. The van der Waals surface area contributed by atoms with Gasteiger partial charge in [-0.25, -0.2) is 0 Å². The van der Waals surface area contributed by atoms with Crippen molar-refractivity contribution < 1.29 is 4.74 Å². The lowest BCUT2D eigenvalue weighted by atomic mass is 10.2. The van der Waals surface area contributed by atoms with E-state index in [0.717, 1.165) is 5.39 Å². The highest BCUT2D eigenvalue weighted by atomic mass is 16.5. The number of fused-ring (bicyclic) bond motifs is 1. The van der Waals surface area contributed by atoms with Crippen LogP contribution in [0.25, 0.3) is 10.9 Å². The van der Waals surface area contributed by atoms with Gasteiger partial charge in [-0.1, -0.05) is 18.2 Å². The van der Waals surface area contributed by atoms with Crippen LogP contribution in [0.5, 0.6) is 11.5 Å². The minimum atomic E-state index is -0.181. The Morgan fingerprint density at radius 2 is 1.90 bits per heavy atom. The Morgan fingerprint density at radius 3 is 2.75 bits per heavy atom. The number of pyridine rings is 1. The summed E-state index contributed by atoms with van der Waals surface area (Å²) in [6.07, 6.45) is 0. The van der Waals surface area contributed by atoms with Gasteiger partial charge in [0.25, 0.3) is 0 Å². The van der Waals surface area contributed by atoms with Gasteiger partial charge in [-0.05, 0) is 30.3 Å². The van der Waals surface area contributed by atoms with E-state index in [0.29, 0.717) is 22.6 Å². The Balaban J connectivity index is 2.08. The average Bonchev–Trinajstić information content (AvgIpc) is 2.48. The number of H-pyrrole nitrogens is 1. The fourth-order valence-corrected chi connectivity index (χ4v) is 1.99. The van der Waals surface area contributed by atoms with Gasteiger partial charge < -0.3 is 9.72 Å². The lowest BCUT2D eigenvalue weighted by Crippen LogP contribution is -2.03. The van der Waals surface area contributed by atoms with Crippen molar-refractivity contribution in [3.05, 3.63) is 70.5 Å². The molecule has 0 saturated heterocycles. The third-order valence-electron chi connectivity index (χ3n) is 2.91. The molecule has 20 heavy (non-hydrogen) atoms. The Bertz CT molecular complexity index is 875. The van der Waals surface area contributed by atoms with E-state index >= 15 is 0 Å². The highest BCUT2D eigenvalue weighted by molar-refractivity contribution is 5.84. The van der Waals surface area contributed by atoms with Gasteiger partial charge in [0.1, 0.15) is 5.75 Å². The van der Waals surface area contributed by atoms with Crippen LogP contribution in [0, 0.1) is 11.3 Å². The first kappa shape index (κ1) is 12.0. The van der Waals surface area contributed by atoms with Crippen LogP contribution in [0.4, 0.5) is 0 Å². The molecule has 0 aliphatic carbocycles. The number of aromatic amines is 1. The summed E-state index contributed by atoms with van der Waals surface area (Å²) >= 11 is 0. The molecule has 2 aromatic carbocycles. The van der Waals surface area contributed by atoms with Gasteiger partial charge in [0, 0.05) is 11.5 Å². The van der Waals surface area contributed by atoms with Crippen LogP contribution < -0.4 is 10.3 Å². The zero-order valence-corrected chi connectivity index (χ0v) is 10.5. The van der Waals surface area contributed by atoms with Gasteiger partial charge in [0.2, 0.25) is 5.56 Å². The summed E-state index contributed by atoms with van der Waals surface area (Å²) in [4.78, 5) is 14.2. The molecule has 3 rings (SSSR count). The molecule has 1 N–H and O–H groups in total. The van der Waals surface area contributed by atoms with Gasteiger partial charge >= 0.3 is 0 Å². The third kappa shape index (κ3) is 2.25. The second kappa shape index (κ2) is 4.90. The molecule has 0 fully saturated rings. The van der Waals surface area contributed by atoms with Crippen LogP contribution in [0.15, 0.2) is 59.4 Å². The summed E-state index contributed by atoms with van der Waals surface area (Å²) in [6.45, 7) is 0. The molecule has 0 spiro atoms. The summed E-state index contributed by atoms with van der Waals surface area (Å²) < 4.78 is 5.77. The van der Waals surface area contributed by atoms with E-state index in [-0.39, 0.29) is 5.56 Å². The summed E-state index contributed by atoms with van der Waals surface area (Å²) in [6, 6.07) is 17.7. The standard InChI is InChI=1S/C16H10N2O2/c17-10-11-3-1-5-13(9-11)20-14-6-2-4-12-7-8-15(19)18-16(12)14/h1-9H,(H,18,19). The first-order valence-corrected chi connectivity index (χ1v) is 6.06. The maximum atomic E-state index is 11.4. The van der Waals surface area contributed by atoms with E-state index in [1.165, 1.54) is 6.07 Å². The number of aromatic nitrogens is 1. The monoisotopic (exact) mass is 262 g/mol. The number of nitrogens with zero attached hydrogens (tertiary/aromatic N) is 1. The average molecular weight is 262 g/mol. The smallest absolute Gasteiger partial charge is 0.248 e. The van der Waals surface area contributed by atoms with Crippen LogP contribution in [0.2, 0.25) is 0 Å². The van der Waals surface area contributed by atoms with E-state index in [2.05, 4.69) is 11.1 Å². The van der Waals surface area contributed by atoms with Crippen molar-refractivity contribution in [2.75, 3.05) is 0 Å². The number of nitriles is 1. The highest BCUT2D eigenvalue weighted by Crippen LogP contribution is 2.27. The molecule has 0 radical (unpaired) electrons. The van der Waals surface area contributed by atoms with Crippen molar-refractivity contribution >= 4 is 10.9 Å². The van der Waals surface area contributed by atoms with Gasteiger partial charge in [-0.15, -0.1) is 0 Å². The van der Waals surface area contributed by atoms with Crippen molar-refractivity contribution in [1.29, 1.82) is 5.26 Å². The molecule has 4 nitrogen and oxygen atoms in total. The minimum absolute atomic E-state index is 0.181. The van der Waals surface area contributed by atoms with E-state index in [1.807, 2.05) is 12.1 Å². The van der Waals surface area contributed by atoms with E-state index < -0.39 is 0 Å². The molecule has 0 saturated carbocycles. The number of benzene rings is 2. The van der Waals surface area contributed by atoms with E-state index in [1.54, 1.807) is 36.4 Å². The second-order valence-corrected chi connectivity index (χ2v) is 4.28. The molecule has 0 aliphatic rings. The summed E-state index contributed by atoms with van der Waals surface area (Å²) in [7, 11) is 0. The van der Waals surface area contributed by atoms with Crippen molar-refractivity contribution in [1.82, 2.24) is 4.98 Å². The SMILES string of the molecule is N#Cc1cccc(Oc2cccc3ccc(=O)[nH]c23)c1. The predicted molar refractivity (Wildman–Crippen MR) is 75.8 cm³/mol. The number of ether oxygens (including phenoxy) is 1. The van der Waals surface area contributed by atoms with Gasteiger partial charge in [0.05, 0.1) is 17.1 Å². The van der Waals surface area contributed by atoms with Crippen LogP contribution in [-0.2, 0) is 0 Å². The fourth-order valence-electron chi connectivity index (χ4n) is 1.99. The molecule has 3 aromatic rings. The molecule has 0 amide bonds. The Kier molecular flexibility index (Phi) is 2.94. The van der Waals surface area contributed by atoms with Crippen LogP contribution in [-0.4, -0.2) is 4.98 Å². The lowest BCUT2D eigenvalue weighted by molar-refractivity contribution is 0.487. The molecular formula is C16H10N2O2. The normalized spacial score (nSPS) is 10.2. The van der Waals surface area contributed by atoms with Crippen LogP contribution >= 0.6 is 0 Å². The Morgan fingerprint density at radius 1 is 1.05 bits per heavy atom. The molecule has 96 valence electrons. The van der Waals surface area contributed by atoms with Crippen LogP contribution in [0.1, 0.15) is 5.56 Å². The van der Waals surface area contributed by atoms with Crippen molar-refractivity contribution in [2.45, 2.75) is 0 Å². The topological polar surface area (TPSA) is 65.9 Å². The number of hydrogen-bond acceptors (Lipinski definition) is 3. The first-order chi connectivity index (χ1) is 9.76. The third-order valence-corrected chi connectivity index (χ3v) is 2.91. The fraction of sp³-hybridized carbons (Fsp3) is 0. The van der Waals surface area contributed by atoms with E-state index in [4.69, 9.17) is 10.00 Å². The van der Waals surface area contributed by atoms with Gasteiger partial charge in [-0.2, -0.15) is 5.26 Å². The molecule has 0 bridgehead atoms. The zero-order chi connectivity index (χ0) is 13.9. The molecule has 0 aliphatic heterocycles. The molecule has 1 aromatic heterocycles. The van der Waals surface area contributed by atoms with Gasteiger partial charge in [0.15, 0.2) is 5.75 Å². The maximum Gasteiger partial charge on any atom is 0.248 e. The summed E-state index contributed by atoms with van der Waals surface area (Å²) in [5, 5.41) is 9.77. The molecule has 0 unspecified atom stereocenters. The number of hydrogen-bond donors (Lipinski definition) is 1. The predicted octanol–water partition coefficient (Wildman–Crippen LogP) is 3.19. The minimum Gasteiger partial charge on any atom is -0.455 e. The van der Waals surface area contributed by atoms with Crippen molar-refractivity contribution in [3.63, 3.8) is 0 Å². The Hall–Kier alpha value is -3.06. The second-order valence-electron chi connectivity index (χ2n) is 4.28. The lowest BCUT2D eigenvalue weighted by Gasteiger charge is -2.08. The van der Waals surface area contributed by atoms with E-state index in [9.17, 15) is 4.79 Å². The van der Waals surface area contributed by atoms with Crippen molar-refractivity contribution in [3.8, 4) is 17.6 Å². The zero-order valence-electron chi connectivity index (χ0n) is 10.5. The number of para-hydroxylation sites is 1. The summed E-state index contributed by atoms with van der Waals surface area (Å²) in [5.74, 6) is 1.11. The molecule has 4 heteroatoms. The maximum absolute atomic E-state index is 11.4. The van der Waals surface area contributed by atoms with Crippen LogP contribution in [0.3, 0.4) is 0 Å². The largest absolute Gasteiger partial charge is 0.455 e. The number of rotatable bonds is 2. The van der Waals surface area contributed by atoms with Crippen molar-refractivity contribution in [2.24, 2.45) is 0 Å². The first-order valence-electron chi connectivity index (χ1n) is 6.06. The highest BCUT2D eigenvalue weighted by Gasteiger charge is 2.05. The summed E-state index contributed by atoms with van der Waals surface area (Å²) in [5.41, 5.74) is 0.984.